The number of hydrogen-bond donors (Lipinski definition) is 3. The molecule has 2 aliphatic heterocycles. The first-order chi connectivity index (χ1) is 24.0. The summed E-state index contributed by atoms with van der Waals surface area (Å²) >= 11 is 0. The molecule has 1 aromatic rings. The summed E-state index contributed by atoms with van der Waals surface area (Å²) in [6.45, 7) is 5.15. The molecule has 0 bridgehead atoms. The standard InChI is InChI=1S/C36H49F3N2O10/c1-21-20-24(18-19-42)33(28(47-6)16-17-29(44)48-22(2)10-8-7-9-11-27(21)43)50-34-31(45)30(41(4)5)32(23(3)49-34)51-35(46)40-26-14-12-25(13-15-26)36(37,38)39/h7-9,11-17,19,21-24,27-28,30-34,43,45H,10,18,20H2,1-6H3,(H,40,46)/b8-7+,11-9+,17-16-/t21-,22-,23-,24+,27+,28+,30-,31-,32-,33+,34+/m1/s1. The van der Waals surface area contributed by atoms with Gasteiger partial charge in [-0.1, -0.05) is 31.2 Å². The maximum Gasteiger partial charge on any atom is 0.416 e. The van der Waals surface area contributed by atoms with Crippen molar-refractivity contribution < 1.29 is 61.5 Å². The molecule has 0 unspecified atom stereocenters. The third-order valence-electron chi connectivity index (χ3n) is 8.85. The summed E-state index contributed by atoms with van der Waals surface area (Å²) in [4.78, 5) is 39.1. The molecule has 1 aromatic carbocycles. The van der Waals surface area contributed by atoms with Crippen molar-refractivity contribution in [1.82, 2.24) is 4.90 Å². The number of methoxy groups -OCH3 is 1. The van der Waals surface area contributed by atoms with Gasteiger partial charge in [0.05, 0.1) is 29.9 Å². The van der Waals surface area contributed by atoms with Crippen LogP contribution in [0.15, 0.2) is 60.7 Å². The van der Waals surface area contributed by atoms with Crippen LogP contribution in [0.25, 0.3) is 0 Å². The third kappa shape index (κ3) is 12.3. The number of aldehydes is 1. The number of nitrogens with one attached hydrogen (secondary N) is 1. The molecule has 1 fully saturated rings. The molecule has 12 nitrogen and oxygen atoms in total. The van der Waals surface area contributed by atoms with Crippen LogP contribution in [0.2, 0.25) is 0 Å². The van der Waals surface area contributed by atoms with Crippen molar-refractivity contribution in [2.24, 2.45) is 11.8 Å². The van der Waals surface area contributed by atoms with Gasteiger partial charge in [0.15, 0.2) is 6.29 Å². The molecule has 0 radical (unpaired) electrons. The minimum atomic E-state index is -4.54. The number of carbonyl (C=O) groups excluding carboxylic acids is 3. The van der Waals surface area contributed by atoms with Gasteiger partial charge in [-0.3, -0.25) is 5.32 Å². The van der Waals surface area contributed by atoms with Crippen molar-refractivity contribution in [2.75, 3.05) is 26.5 Å². The van der Waals surface area contributed by atoms with Gasteiger partial charge in [0, 0.05) is 31.7 Å². The fourth-order valence-electron chi connectivity index (χ4n) is 6.11. The maximum atomic E-state index is 13.0. The summed E-state index contributed by atoms with van der Waals surface area (Å²) in [5.74, 6) is -1.57. The quantitative estimate of drug-likeness (QED) is 0.254. The van der Waals surface area contributed by atoms with E-state index in [4.69, 9.17) is 23.7 Å². The molecule has 15 heteroatoms. The van der Waals surface area contributed by atoms with Crippen LogP contribution in [0.4, 0.5) is 23.7 Å². The lowest BCUT2D eigenvalue weighted by Gasteiger charge is -2.47. The SMILES string of the molecule is CO[C@H]1/C=C\C(=O)O[C@H](C)C/C=C/C=C/[C@H](O)[C@H](C)C[C@H](CC=O)[C@@H]1O[C@@H]1O[C@H](C)[C@@H](OC(=O)Nc2ccc(C(F)(F)F)cc2)[C@H](N(C)C)[C@H]1O. The lowest BCUT2D eigenvalue weighted by molar-refractivity contribution is -0.303. The van der Waals surface area contributed by atoms with E-state index in [1.807, 2.05) is 13.0 Å². The topological polar surface area (TPSA) is 153 Å². The number of likely N-dealkylation sites (N-methyl/N-ethyl adjacent to an activating group) is 1. The number of benzene rings is 1. The van der Waals surface area contributed by atoms with E-state index in [9.17, 15) is 37.8 Å². The Kier molecular flexibility index (Phi) is 15.8. The van der Waals surface area contributed by atoms with E-state index in [0.29, 0.717) is 12.7 Å². The molecule has 284 valence electrons. The van der Waals surface area contributed by atoms with Crippen molar-refractivity contribution in [3.8, 4) is 0 Å². The number of hydrogen-bond acceptors (Lipinski definition) is 11. The Morgan fingerprint density at radius 1 is 1.08 bits per heavy atom. The van der Waals surface area contributed by atoms with Gasteiger partial charge in [-0.15, -0.1) is 0 Å². The number of halogens is 3. The summed E-state index contributed by atoms with van der Waals surface area (Å²) in [6.07, 6.45) is -2.59. The number of nitrogens with zero attached hydrogens (tertiary/aromatic N) is 1. The Hall–Kier alpha value is -3.60. The maximum absolute atomic E-state index is 13.0. The average molecular weight is 727 g/mol. The largest absolute Gasteiger partial charge is 0.459 e. The molecular weight excluding hydrogens is 677 g/mol. The second kappa shape index (κ2) is 19.3. The van der Waals surface area contributed by atoms with Gasteiger partial charge in [-0.05, 0) is 76.5 Å². The number of aliphatic hydroxyl groups is 2. The Morgan fingerprint density at radius 2 is 1.76 bits per heavy atom. The Balaban J connectivity index is 1.89. The van der Waals surface area contributed by atoms with Gasteiger partial charge in [0.1, 0.15) is 30.7 Å². The molecule has 0 saturated carbocycles. The molecule has 1 saturated heterocycles. The van der Waals surface area contributed by atoms with E-state index in [-0.39, 0.29) is 24.4 Å². The van der Waals surface area contributed by atoms with E-state index in [0.717, 1.165) is 24.3 Å². The second-order valence-electron chi connectivity index (χ2n) is 13.0. The third-order valence-corrected chi connectivity index (χ3v) is 8.85. The molecular formula is C36H49F3N2O10. The number of anilines is 1. The Labute approximate surface area is 296 Å². The van der Waals surface area contributed by atoms with Crippen LogP contribution in [0.1, 0.15) is 45.6 Å². The predicted octanol–water partition coefficient (Wildman–Crippen LogP) is 4.65. The zero-order valence-electron chi connectivity index (χ0n) is 29.6. The number of cyclic esters (lactones) is 1. The number of aliphatic hydroxyl groups excluding tert-OH is 2. The zero-order valence-corrected chi connectivity index (χ0v) is 29.6. The fourth-order valence-corrected chi connectivity index (χ4v) is 6.11. The monoisotopic (exact) mass is 726 g/mol. The van der Waals surface area contributed by atoms with E-state index in [1.165, 1.54) is 19.3 Å². The number of esters is 1. The average Bonchev–Trinajstić information content (AvgIpc) is 3.05. The number of alkyl halides is 3. The van der Waals surface area contributed by atoms with Crippen molar-refractivity contribution in [3.05, 3.63) is 66.3 Å². The molecule has 11 atom stereocenters. The van der Waals surface area contributed by atoms with Crippen LogP contribution in [-0.2, 0) is 39.4 Å². The minimum Gasteiger partial charge on any atom is -0.459 e. The van der Waals surface area contributed by atoms with Crippen molar-refractivity contribution in [2.45, 2.75) is 101 Å². The molecule has 3 rings (SSSR count). The van der Waals surface area contributed by atoms with Crippen molar-refractivity contribution in [3.63, 3.8) is 0 Å². The first-order valence-corrected chi connectivity index (χ1v) is 16.7. The van der Waals surface area contributed by atoms with Gasteiger partial charge >= 0.3 is 18.2 Å². The number of ether oxygens (including phenoxy) is 5. The first kappa shape index (κ1) is 41.8. The van der Waals surface area contributed by atoms with Gasteiger partial charge in [0.25, 0.3) is 0 Å². The first-order valence-electron chi connectivity index (χ1n) is 16.7. The molecule has 2 aliphatic rings. The predicted molar refractivity (Wildman–Crippen MR) is 180 cm³/mol. The minimum absolute atomic E-state index is 0.0220. The van der Waals surface area contributed by atoms with Gasteiger partial charge in [-0.2, -0.15) is 13.2 Å². The fraction of sp³-hybridized carbons (Fsp3) is 0.583. The van der Waals surface area contributed by atoms with Gasteiger partial charge in [0.2, 0.25) is 0 Å². The van der Waals surface area contributed by atoms with Crippen molar-refractivity contribution >= 4 is 24.0 Å². The highest BCUT2D eigenvalue weighted by atomic mass is 19.4. The highest BCUT2D eigenvalue weighted by Gasteiger charge is 2.49. The van der Waals surface area contributed by atoms with Crippen LogP contribution in [-0.4, -0.2) is 110 Å². The molecule has 1 amide bonds. The lowest BCUT2D eigenvalue weighted by atomic mass is 9.83. The normalized spacial score (nSPS) is 34.6. The van der Waals surface area contributed by atoms with Crippen LogP contribution >= 0.6 is 0 Å². The molecule has 3 N–H and O–H groups in total. The van der Waals surface area contributed by atoms with Crippen LogP contribution in [0.5, 0.6) is 0 Å². The highest BCUT2D eigenvalue weighted by molar-refractivity contribution is 5.84. The van der Waals surface area contributed by atoms with Crippen molar-refractivity contribution in [1.29, 1.82) is 0 Å². The summed E-state index contributed by atoms with van der Waals surface area (Å²) in [5, 5.41) is 24.9. The lowest BCUT2D eigenvalue weighted by Crippen LogP contribution is -2.64. The Bertz CT molecular complexity index is 1370. The summed E-state index contributed by atoms with van der Waals surface area (Å²) < 4.78 is 68.3. The molecule has 2 heterocycles. The number of amides is 1. The molecule has 0 aliphatic carbocycles. The van der Waals surface area contributed by atoms with Crippen LogP contribution in [0, 0.1) is 11.8 Å². The number of rotatable bonds is 8. The molecule has 51 heavy (non-hydrogen) atoms. The summed E-state index contributed by atoms with van der Waals surface area (Å²) in [6, 6.07) is 2.92. The number of carbonyl (C=O) groups is 3. The summed E-state index contributed by atoms with van der Waals surface area (Å²) in [7, 11) is 4.69. The van der Waals surface area contributed by atoms with Gasteiger partial charge in [-0.25, -0.2) is 9.59 Å². The molecule has 0 spiro atoms. The van der Waals surface area contributed by atoms with Gasteiger partial charge < -0.3 is 43.6 Å². The summed E-state index contributed by atoms with van der Waals surface area (Å²) in [5.41, 5.74) is -0.822. The number of allylic oxidation sites excluding steroid dienone is 2. The van der Waals surface area contributed by atoms with E-state index >= 15 is 0 Å². The highest BCUT2D eigenvalue weighted by Crippen LogP contribution is 2.34. The second-order valence-corrected chi connectivity index (χ2v) is 13.0. The Morgan fingerprint density at radius 3 is 2.37 bits per heavy atom. The van der Waals surface area contributed by atoms with E-state index in [2.05, 4.69) is 5.32 Å². The van der Waals surface area contributed by atoms with Crippen LogP contribution in [0.3, 0.4) is 0 Å². The van der Waals surface area contributed by atoms with E-state index < -0.39 is 84.8 Å². The molecule has 0 aromatic heterocycles. The van der Waals surface area contributed by atoms with E-state index in [1.54, 1.807) is 51.1 Å². The van der Waals surface area contributed by atoms with Crippen LogP contribution < -0.4 is 5.32 Å². The zero-order chi connectivity index (χ0) is 37.9. The smallest absolute Gasteiger partial charge is 0.416 e.